The zero-order valence-electron chi connectivity index (χ0n) is 12.8. The molecule has 0 aliphatic carbocycles. The average Bonchev–Trinajstić information content (AvgIpc) is 2.46. The van der Waals surface area contributed by atoms with Gasteiger partial charge in [-0.3, -0.25) is 4.79 Å². The molecule has 1 amide bonds. The lowest BCUT2D eigenvalue weighted by atomic mass is 10.1. The molecule has 2 rings (SSSR count). The van der Waals surface area contributed by atoms with Gasteiger partial charge in [-0.05, 0) is 41.1 Å². The first-order chi connectivity index (χ1) is 10.2. The summed E-state index contributed by atoms with van der Waals surface area (Å²) < 4.78 is 25.9. The Morgan fingerprint density at radius 3 is 2.64 bits per heavy atom. The molecule has 22 heavy (non-hydrogen) atoms. The van der Waals surface area contributed by atoms with Gasteiger partial charge < -0.3 is 10.2 Å². The van der Waals surface area contributed by atoms with E-state index in [1.165, 1.54) is 20.2 Å². The van der Waals surface area contributed by atoms with E-state index in [1.54, 1.807) is 17.0 Å². The van der Waals surface area contributed by atoms with Crippen LogP contribution in [0.1, 0.15) is 17.3 Å². The molecule has 1 fully saturated rings. The molecule has 1 atom stereocenters. The maximum atomic E-state index is 12.6. The SMILES string of the molecule is CC1CNCCN1C(=O)c1ccc(S(=O)(=O)N(C)C)c(Br)c1. The van der Waals surface area contributed by atoms with Crippen LogP contribution in [0, 0.1) is 0 Å². The molecule has 122 valence electrons. The van der Waals surface area contributed by atoms with Gasteiger partial charge in [0.1, 0.15) is 0 Å². The molecule has 1 unspecified atom stereocenters. The summed E-state index contributed by atoms with van der Waals surface area (Å²) in [5.41, 5.74) is 0.485. The van der Waals surface area contributed by atoms with Crippen LogP contribution in [-0.2, 0) is 10.0 Å². The zero-order chi connectivity index (χ0) is 16.5. The third-order valence-corrected chi connectivity index (χ3v) is 6.49. The van der Waals surface area contributed by atoms with Crippen LogP contribution in [0.5, 0.6) is 0 Å². The molecule has 8 heteroatoms. The van der Waals surface area contributed by atoms with Crippen molar-refractivity contribution < 1.29 is 13.2 Å². The molecule has 0 radical (unpaired) electrons. The smallest absolute Gasteiger partial charge is 0.254 e. The van der Waals surface area contributed by atoms with Crippen LogP contribution in [0.2, 0.25) is 0 Å². The molecule has 0 aromatic heterocycles. The van der Waals surface area contributed by atoms with Crippen LogP contribution >= 0.6 is 15.9 Å². The van der Waals surface area contributed by atoms with Crippen molar-refractivity contribution in [2.45, 2.75) is 17.9 Å². The van der Waals surface area contributed by atoms with Gasteiger partial charge in [-0.25, -0.2) is 12.7 Å². The Hall–Kier alpha value is -0.960. The van der Waals surface area contributed by atoms with Crippen molar-refractivity contribution in [2.75, 3.05) is 33.7 Å². The summed E-state index contributed by atoms with van der Waals surface area (Å²) in [6, 6.07) is 4.73. The van der Waals surface area contributed by atoms with Crippen molar-refractivity contribution in [2.24, 2.45) is 0 Å². The van der Waals surface area contributed by atoms with Crippen LogP contribution < -0.4 is 5.32 Å². The van der Waals surface area contributed by atoms with Gasteiger partial charge in [0.15, 0.2) is 0 Å². The Labute approximate surface area is 139 Å². The van der Waals surface area contributed by atoms with Crippen molar-refractivity contribution in [1.29, 1.82) is 0 Å². The van der Waals surface area contributed by atoms with Crippen LogP contribution in [0.4, 0.5) is 0 Å². The molecular weight excluding hydrogens is 370 g/mol. The number of halogens is 1. The van der Waals surface area contributed by atoms with Gasteiger partial charge in [0.25, 0.3) is 5.91 Å². The second-order valence-corrected chi connectivity index (χ2v) is 8.46. The van der Waals surface area contributed by atoms with Crippen LogP contribution in [0.25, 0.3) is 0 Å². The van der Waals surface area contributed by atoms with Crippen LogP contribution in [0.15, 0.2) is 27.6 Å². The van der Waals surface area contributed by atoms with E-state index in [1.807, 2.05) is 6.92 Å². The number of amides is 1. The van der Waals surface area contributed by atoms with Gasteiger partial charge in [-0.1, -0.05) is 0 Å². The molecule has 0 saturated carbocycles. The minimum absolute atomic E-state index is 0.0801. The lowest BCUT2D eigenvalue weighted by molar-refractivity contribution is 0.0655. The summed E-state index contributed by atoms with van der Waals surface area (Å²) in [6.45, 7) is 4.17. The van der Waals surface area contributed by atoms with Gasteiger partial charge in [-0.2, -0.15) is 0 Å². The minimum Gasteiger partial charge on any atom is -0.333 e. The lowest BCUT2D eigenvalue weighted by Gasteiger charge is -2.34. The number of nitrogens with one attached hydrogen (secondary N) is 1. The second kappa shape index (κ2) is 6.66. The second-order valence-electron chi connectivity index (χ2n) is 5.48. The number of benzene rings is 1. The number of sulfonamides is 1. The van der Waals surface area contributed by atoms with E-state index in [0.717, 1.165) is 17.4 Å². The van der Waals surface area contributed by atoms with Gasteiger partial charge in [0.05, 0.1) is 4.90 Å². The molecule has 1 aliphatic heterocycles. The fraction of sp³-hybridized carbons (Fsp3) is 0.500. The monoisotopic (exact) mass is 389 g/mol. The summed E-state index contributed by atoms with van der Waals surface area (Å²) in [4.78, 5) is 14.5. The van der Waals surface area contributed by atoms with Crippen molar-refractivity contribution in [1.82, 2.24) is 14.5 Å². The first-order valence-corrected chi connectivity index (χ1v) is 9.22. The van der Waals surface area contributed by atoms with Gasteiger partial charge in [0.2, 0.25) is 10.0 Å². The van der Waals surface area contributed by atoms with E-state index < -0.39 is 10.0 Å². The van der Waals surface area contributed by atoms with Crippen molar-refractivity contribution in [3.63, 3.8) is 0 Å². The number of carbonyl (C=O) groups excluding carboxylic acids is 1. The number of rotatable bonds is 3. The highest BCUT2D eigenvalue weighted by molar-refractivity contribution is 9.10. The van der Waals surface area contributed by atoms with E-state index >= 15 is 0 Å². The van der Waals surface area contributed by atoms with Crippen LogP contribution in [-0.4, -0.2) is 63.3 Å². The standard InChI is InChI=1S/C14H20BrN3O3S/c1-10-9-16-6-7-18(10)14(19)11-4-5-13(12(15)8-11)22(20,21)17(2)3/h4-5,8,10,16H,6-7,9H2,1-3H3. The number of piperazine rings is 1. The Morgan fingerprint density at radius 1 is 1.41 bits per heavy atom. The largest absolute Gasteiger partial charge is 0.333 e. The van der Waals surface area contributed by atoms with Crippen molar-refractivity contribution >= 4 is 31.9 Å². The van der Waals surface area contributed by atoms with E-state index in [2.05, 4.69) is 21.2 Å². The summed E-state index contributed by atoms with van der Waals surface area (Å²) >= 11 is 3.27. The molecular formula is C14H20BrN3O3S. The number of hydrogen-bond donors (Lipinski definition) is 1. The molecule has 1 saturated heterocycles. The average molecular weight is 390 g/mol. The highest BCUT2D eigenvalue weighted by Crippen LogP contribution is 2.26. The Kier molecular flexibility index (Phi) is 5.26. The molecule has 0 spiro atoms. The lowest BCUT2D eigenvalue weighted by Crippen LogP contribution is -2.52. The van der Waals surface area contributed by atoms with Crippen LogP contribution in [0.3, 0.4) is 0 Å². The maximum Gasteiger partial charge on any atom is 0.254 e. The first kappa shape index (κ1) is 17.4. The predicted molar refractivity (Wildman–Crippen MR) is 88.4 cm³/mol. The highest BCUT2D eigenvalue weighted by atomic mass is 79.9. The van der Waals surface area contributed by atoms with E-state index in [-0.39, 0.29) is 16.8 Å². The minimum atomic E-state index is -3.53. The van der Waals surface area contributed by atoms with Crippen molar-refractivity contribution in [3.05, 3.63) is 28.2 Å². The van der Waals surface area contributed by atoms with Gasteiger partial charge in [0, 0.05) is 49.8 Å². The van der Waals surface area contributed by atoms with Gasteiger partial charge in [-0.15, -0.1) is 0 Å². The molecule has 0 bridgehead atoms. The number of nitrogens with zero attached hydrogens (tertiary/aromatic N) is 2. The van der Waals surface area contributed by atoms with E-state index in [9.17, 15) is 13.2 Å². The number of carbonyl (C=O) groups is 1. The normalized spacial score (nSPS) is 19.5. The molecule has 1 aromatic carbocycles. The third-order valence-electron chi connectivity index (χ3n) is 3.70. The fourth-order valence-electron chi connectivity index (χ4n) is 2.35. The Bertz CT molecular complexity index is 676. The van der Waals surface area contributed by atoms with Crippen molar-refractivity contribution in [3.8, 4) is 0 Å². The summed E-state index contributed by atoms with van der Waals surface area (Å²) in [5, 5.41) is 3.24. The molecule has 1 aromatic rings. The van der Waals surface area contributed by atoms with E-state index in [0.29, 0.717) is 16.6 Å². The molecule has 1 N–H and O–H groups in total. The topological polar surface area (TPSA) is 69.7 Å². The Morgan fingerprint density at radius 2 is 2.09 bits per heavy atom. The van der Waals surface area contributed by atoms with Gasteiger partial charge >= 0.3 is 0 Å². The van der Waals surface area contributed by atoms with E-state index in [4.69, 9.17) is 0 Å². The molecule has 6 nitrogen and oxygen atoms in total. The first-order valence-electron chi connectivity index (χ1n) is 6.99. The maximum absolute atomic E-state index is 12.6. The number of hydrogen-bond acceptors (Lipinski definition) is 4. The third kappa shape index (κ3) is 3.34. The Balaban J connectivity index is 2.31. The molecule has 1 aliphatic rings. The summed E-state index contributed by atoms with van der Waals surface area (Å²) in [6.07, 6.45) is 0. The quantitative estimate of drug-likeness (QED) is 0.840. The fourth-order valence-corrected chi connectivity index (χ4v) is 4.28. The zero-order valence-corrected chi connectivity index (χ0v) is 15.2. The highest BCUT2D eigenvalue weighted by Gasteiger charge is 2.26. The summed E-state index contributed by atoms with van der Waals surface area (Å²) in [7, 11) is -0.583. The molecule has 1 heterocycles. The summed E-state index contributed by atoms with van der Waals surface area (Å²) in [5.74, 6) is -0.0801. The predicted octanol–water partition coefficient (Wildman–Crippen LogP) is 1.13.